The van der Waals surface area contributed by atoms with Crippen molar-refractivity contribution in [3.05, 3.63) is 0 Å². The van der Waals surface area contributed by atoms with Crippen LogP contribution in [0.1, 0.15) is 66.7 Å². The predicted molar refractivity (Wildman–Crippen MR) is 111 cm³/mol. The van der Waals surface area contributed by atoms with Gasteiger partial charge in [0, 0.05) is 26.1 Å². The van der Waals surface area contributed by atoms with E-state index in [0.717, 1.165) is 38.8 Å². The van der Waals surface area contributed by atoms with Gasteiger partial charge in [-0.3, -0.25) is 9.59 Å². The third-order valence-corrected chi connectivity index (χ3v) is 5.39. The molecule has 0 bridgehead atoms. The molecule has 0 radical (unpaired) electrons. The standard InChI is InChI=1S/C20H37N3O2S/c1-7-8-11-21-20(26)23-12-9-10-16(23)19(25)22(6)17(13-14(2)3)18(24)15(4)5/h14-17H,7-13H2,1-6H3,(H,21,26)/t16-,17+/m0/s1. The van der Waals surface area contributed by atoms with Gasteiger partial charge in [-0.2, -0.15) is 0 Å². The lowest BCUT2D eigenvalue weighted by atomic mass is 9.92. The fourth-order valence-corrected chi connectivity index (χ4v) is 3.75. The van der Waals surface area contributed by atoms with Crippen LogP contribution in [0.3, 0.4) is 0 Å². The topological polar surface area (TPSA) is 52.7 Å². The van der Waals surface area contributed by atoms with Crippen LogP contribution in [0.2, 0.25) is 0 Å². The number of thiocarbonyl (C=S) groups is 1. The molecule has 0 aromatic rings. The van der Waals surface area contributed by atoms with Crippen molar-refractivity contribution in [3.8, 4) is 0 Å². The van der Waals surface area contributed by atoms with Crippen molar-refractivity contribution in [3.63, 3.8) is 0 Å². The van der Waals surface area contributed by atoms with Gasteiger partial charge in [0.2, 0.25) is 5.91 Å². The number of carbonyl (C=O) groups is 2. The SMILES string of the molecule is CCCCNC(=S)N1CCC[C@H]1C(=O)N(C)[C@H](CC(C)C)C(=O)C(C)C. The lowest BCUT2D eigenvalue weighted by Crippen LogP contribution is -2.54. The van der Waals surface area contributed by atoms with Gasteiger partial charge in [-0.25, -0.2) is 0 Å². The molecular weight excluding hydrogens is 346 g/mol. The van der Waals surface area contributed by atoms with Crippen molar-refractivity contribution in [2.45, 2.75) is 78.8 Å². The Morgan fingerprint density at radius 3 is 2.46 bits per heavy atom. The van der Waals surface area contributed by atoms with E-state index in [9.17, 15) is 9.59 Å². The second kappa shape index (κ2) is 10.9. The normalized spacial score (nSPS) is 18.3. The molecule has 1 aliphatic rings. The van der Waals surface area contributed by atoms with Crippen LogP contribution in [-0.2, 0) is 9.59 Å². The molecule has 0 spiro atoms. The quantitative estimate of drug-likeness (QED) is 0.489. The fraction of sp³-hybridized carbons (Fsp3) is 0.850. The van der Waals surface area contributed by atoms with Crippen LogP contribution in [0.15, 0.2) is 0 Å². The number of likely N-dealkylation sites (tertiary alicyclic amines) is 1. The fourth-order valence-electron chi connectivity index (χ4n) is 3.43. The van der Waals surface area contributed by atoms with Gasteiger partial charge in [0.25, 0.3) is 0 Å². The zero-order chi connectivity index (χ0) is 19.9. The van der Waals surface area contributed by atoms with E-state index in [-0.39, 0.29) is 29.7 Å². The second-order valence-corrected chi connectivity index (χ2v) is 8.48. The highest BCUT2D eigenvalue weighted by Gasteiger charge is 2.38. The van der Waals surface area contributed by atoms with Gasteiger partial charge in [-0.05, 0) is 43.8 Å². The van der Waals surface area contributed by atoms with E-state index in [1.807, 2.05) is 18.7 Å². The van der Waals surface area contributed by atoms with Crippen molar-refractivity contribution in [1.82, 2.24) is 15.1 Å². The molecule has 1 fully saturated rings. The molecule has 1 N–H and O–H groups in total. The molecule has 0 aromatic carbocycles. The first-order chi connectivity index (χ1) is 12.2. The molecule has 1 heterocycles. The molecule has 150 valence electrons. The summed E-state index contributed by atoms with van der Waals surface area (Å²) < 4.78 is 0. The summed E-state index contributed by atoms with van der Waals surface area (Å²) in [6, 6.07) is -0.608. The number of unbranched alkanes of at least 4 members (excludes halogenated alkanes) is 1. The number of amides is 1. The predicted octanol–water partition coefficient (Wildman–Crippen LogP) is 3.22. The van der Waals surface area contributed by atoms with E-state index >= 15 is 0 Å². The molecule has 0 aromatic heterocycles. The summed E-state index contributed by atoms with van der Waals surface area (Å²) >= 11 is 5.52. The highest BCUT2D eigenvalue weighted by molar-refractivity contribution is 7.80. The van der Waals surface area contributed by atoms with Gasteiger partial charge in [-0.15, -0.1) is 0 Å². The molecular formula is C20H37N3O2S. The van der Waals surface area contributed by atoms with Crippen LogP contribution in [-0.4, -0.2) is 58.8 Å². The van der Waals surface area contributed by atoms with Crippen LogP contribution in [0, 0.1) is 11.8 Å². The maximum absolute atomic E-state index is 13.2. The molecule has 1 amide bonds. The van der Waals surface area contributed by atoms with Crippen molar-refractivity contribution in [2.75, 3.05) is 20.1 Å². The number of nitrogens with one attached hydrogen (secondary N) is 1. The highest BCUT2D eigenvalue weighted by Crippen LogP contribution is 2.23. The van der Waals surface area contributed by atoms with Crippen molar-refractivity contribution in [2.24, 2.45) is 11.8 Å². The third kappa shape index (κ3) is 6.22. The molecule has 1 rings (SSSR count). The Hall–Kier alpha value is -1.17. The average Bonchev–Trinajstić information content (AvgIpc) is 3.07. The minimum absolute atomic E-state index is 0.0155. The molecule has 0 aliphatic carbocycles. The zero-order valence-corrected chi connectivity index (χ0v) is 18.2. The molecule has 0 unspecified atom stereocenters. The Kier molecular flexibility index (Phi) is 9.55. The molecule has 1 aliphatic heterocycles. The summed E-state index contributed by atoms with van der Waals surface area (Å²) in [6.45, 7) is 11.8. The number of Topliss-reactive ketones (excluding diaryl/α,β-unsaturated/α-hetero) is 1. The average molecular weight is 384 g/mol. The maximum Gasteiger partial charge on any atom is 0.245 e. The number of nitrogens with zero attached hydrogens (tertiary/aromatic N) is 2. The first kappa shape index (κ1) is 22.9. The molecule has 6 heteroatoms. The molecule has 1 saturated heterocycles. The smallest absolute Gasteiger partial charge is 0.245 e. The monoisotopic (exact) mass is 383 g/mol. The van der Waals surface area contributed by atoms with E-state index in [1.54, 1.807) is 11.9 Å². The summed E-state index contributed by atoms with van der Waals surface area (Å²) in [5.74, 6) is 0.435. The number of hydrogen-bond acceptors (Lipinski definition) is 3. The largest absolute Gasteiger partial charge is 0.363 e. The van der Waals surface area contributed by atoms with Crippen molar-refractivity contribution in [1.29, 1.82) is 0 Å². The number of rotatable bonds is 9. The van der Waals surface area contributed by atoms with Gasteiger partial charge in [0.15, 0.2) is 10.9 Å². The Labute approximate surface area is 164 Å². The van der Waals surface area contributed by atoms with Gasteiger partial charge in [-0.1, -0.05) is 41.0 Å². The van der Waals surface area contributed by atoms with Crippen LogP contribution in [0.25, 0.3) is 0 Å². The van der Waals surface area contributed by atoms with Gasteiger partial charge in [0.05, 0.1) is 6.04 Å². The van der Waals surface area contributed by atoms with Gasteiger partial charge < -0.3 is 15.1 Å². The van der Waals surface area contributed by atoms with E-state index in [2.05, 4.69) is 26.1 Å². The minimum Gasteiger partial charge on any atom is -0.363 e. The van der Waals surface area contributed by atoms with E-state index in [1.165, 1.54) is 0 Å². The van der Waals surface area contributed by atoms with Crippen LogP contribution in [0.4, 0.5) is 0 Å². The number of carbonyl (C=O) groups excluding carboxylic acids is 2. The van der Waals surface area contributed by atoms with Gasteiger partial charge >= 0.3 is 0 Å². The number of hydrogen-bond donors (Lipinski definition) is 1. The highest BCUT2D eigenvalue weighted by atomic mass is 32.1. The Balaban J connectivity index is 2.85. The lowest BCUT2D eigenvalue weighted by molar-refractivity contribution is -0.142. The Bertz CT molecular complexity index is 493. The molecule has 0 saturated carbocycles. The molecule has 5 nitrogen and oxygen atoms in total. The summed E-state index contributed by atoms with van der Waals surface area (Å²) in [6.07, 6.45) is 4.61. The Morgan fingerprint density at radius 1 is 1.27 bits per heavy atom. The third-order valence-electron chi connectivity index (χ3n) is 5.01. The summed E-state index contributed by atoms with van der Waals surface area (Å²) in [5, 5.41) is 3.94. The summed E-state index contributed by atoms with van der Waals surface area (Å²) in [7, 11) is 1.78. The first-order valence-corrected chi connectivity index (χ1v) is 10.5. The number of likely N-dealkylation sites (N-methyl/N-ethyl adjacent to an activating group) is 1. The van der Waals surface area contributed by atoms with Crippen LogP contribution < -0.4 is 5.32 Å². The number of ketones is 1. The van der Waals surface area contributed by atoms with E-state index in [0.29, 0.717) is 17.5 Å². The molecule has 26 heavy (non-hydrogen) atoms. The van der Waals surface area contributed by atoms with E-state index in [4.69, 9.17) is 12.2 Å². The minimum atomic E-state index is -0.355. The molecule has 2 atom stereocenters. The van der Waals surface area contributed by atoms with E-state index < -0.39 is 0 Å². The lowest BCUT2D eigenvalue weighted by Gasteiger charge is -2.35. The van der Waals surface area contributed by atoms with Crippen molar-refractivity contribution < 1.29 is 9.59 Å². The summed E-state index contributed by atoms with van der Waals surface area (Å²) in [5.41, 5.74) is 0. The zero-order valence-electron chi connectivity index (χ0n) is 17.4. The van der Waals surface area contributed by atoms with Crippen molar-refractivity contribution >= 4 is 29.0 Å². The van der Waals surface area contributed by atoms with Crippen LogP contribution in [0.5, 0.6) is 0 Å². The Morgan fingerprint density at radius 2 is 1.92 bits per heavy atom. The first-order valence-electron chi connectivity index (χ1n) is 10.1. The van der Waals surface area contributed by atoms with Crippen LogP contribution >= 0.6 is 12.2 Å². The second-order valence-electron chi connectivity index (χ2n) is 8.09. The van der Waals surface area contributed by atoms with Gasteiger partial charge in [0.1, 0.15) is 6.04 Å². The maximum atomic E-state index is 13.2. The summed E-state index contributed by atoms with van der Waals surface area (Å²) in [4.78, 5) is 29.6.